The Morgan fingerprint density at radius 2 is 1.86 bits per heavy atom. The molecule has 0 spiro atoms. The van der Waals surface area contributed by atoms with Gasteiger partial charge in [-0.1, -0.05) is 6.42 Å². The van der Waals surface area contributed by atoms with E-state index in [1.807, 2.05) is 38.1 Å². The Morgan fingerprint density at radius 1 is 1.03 bits per heavy atom. The number of nitrogens with one attached hydrogen (secondary N) is 1. The molecule has 1 fully saturated rings. The lowest BCUT2D eigenvalue weighted by molar-refractivity contribution is 0.0958. The van der Waals surface area contributed by atoms with Crippen LogP contribution in [0, 0.1) is 6.92 Å². The summed E-state index contributed by atoms with van der Waals surface area (Å²) >= 11 is 0. The number of nitrogens with zero attached hydrogens (tertiary/aromatic N) is 4. The quantitative estimate of drug-likeness (QED) is 0.387. The fourth-order valence-corrected chi connectivity index (χ4v) is 4.88. The maximum absolute atomic E-state index is 12.8. The highest BCUT2D eigenvalue weighted by atomic mass is 16.5. The molecule has 1 unspecified atom stereocenters. The van der Waals surface area contributed by atoms with E-state index in [1.54, 1.807) is 6.20 Å². The van der Waals surface area contributed by atoms with Crippen LogP contribution in [0.4, 0.5) is 11.9 Å². The van der Waals surface area contributed by atoms with Gasteiger partial charge in [0.05, 0.1) is 29.1 Å². The van der Waals surface area contributed by atoms with E-state index in [0.717, 1.165) is 39.6 Å². The van der Waals surface area contributed by atoms with Gasteiger partial charge in [-0.3, -0.25) is 10.1 Å². The van der Waals surface area contributed by atoms with Crippen molar-refractivity contribution < 1.29 is 13.9 Å². The van der Waals surface area contributed by atoms with E-state index in [0.29, 0.717) is 42.8 Å². The summed E-state index contributed by atoms with van der Waals surface area (Å²) in [4.78, 5) is 31.1. The molecule has 1 aromatic carbocycles. The molecule has 1 atom stereocenters. The van der Waals surface area contributed by atoms with Crippen LogP contribution in [0.5, 0.6) is 5.75 Å². The van der Waals surface area contributed by atoms with Gasteiger partial charge >= 0.3 is 0 Å². The van der Waals surface area contributed by atoms with E-state index in [9.17, 15) is 4.79 Å². The molecule has 8 nitrogen and oxygen atoms in total. The average Bonchev–Trinajstić information content (AvgIpc) is 3.28. The van der Waals surface area contributed by atoms with Crippen LogP contribution in [0.2, 0.25) is 0 Å². The van der Waals surface area contributed by atoms with Gasteiger partial charge in [0.2, 0.25) is 11.9 Å². The minimum atomic E-state index is -0.00900. The summed E-state index contributed by atoms with van der Waals surface area (Å²) in [5.41, 5.74) is 2.94. The van der Waals surface area contributed by atoms with Crippen LogP contribution < -0.4 is 10.1 Å². The summed E-state index contributed by atoms with van der Waals surface area (Å²) in [6.07, 6.45) is 6.29. The summed E-state index contributed by atoms with van der Waals surface area (Å²) < 4.78 is 11.7. The Labute approximate surface area is 203 Å². The number of hydrogen-bond acceptors (Lipinski definition) is 8. The van der Waals surface area contributed by atoms with Crippen molar-refractivity contribution in [2.45, 2.75) is 57.8 Å². The maximum atomic E-state index is 12.8. The van der Waals surface area contributed by atoms with Crippen LogP contribution in [0.3, 0.4) is 0 Å². The average molecular weight is 470 g/mol. The molecule has 2 aliphatic rings. The molecule has 1 saturated carbocycles. The molecule has 4 aromatic rings. The molecule has 1 N–H and O–H groups in total. The van der Waals surface area contributed by atoms with Crippen molar-refractivity contribution in [3.8, 4) is 5.75 Å². The van der Waals surface area contributed by atoms with Gasteiger partial charge in [0.25, 0.3) is 0 Å². The second kappa shape index (κ2) is 8.76. The minimum absolute atomic E-state index is 0.00900. The van der Waals surface area contributed by atoms with Crippen LogP contribution in [-0.2, 0) is 6.42 Å². The first-order valence-electron chi connectivity index (χ1n) is 12.2. The van der Waals surface area contributed by atoms with Crippen LogP contribution in [-0.4, -0.2) is 32.3 Å². The van der Waals surface area contributed by atoms with Crippen LogP contribution in [0.25, 0.3) is 10.9 Å². The largest absolute Gasteiger partial charge is 0.494 e. The summed E-state index contributed by atoms with van der Waals surface area (Å²) in [5, 5.41) is 4.05. The lowest BCUT2D eigenvalue weighted by Gasteiger charge is -2.24. The predicted octanol–water partition coefficient (Wildman–Crippen LogP) is 5.64. The van der Waals surface area contributed by atoms with Crippen molar-refractivity contribution in [3.05, 3.63) is 65.0 Å². The lowest BCUT2D eigenvalue weighted by Crippen LogP contribution is -2.21. The Balaban J connectivity index is 1.24. The number of anilines is 2. The summed E-state index contributed by atoms with van der Waals surface area (Å²) in [7, 11) is 0. The molecule has 3 heterocycles. The number of Topliss-reactive ketones (excluding diaryl/α,β-unsaturated/α-hetero) is 1. The number of carbonyl (C=O) groups is 1. The third-order valence-corrected chi connectivity index (χ3v) is 6.99. The molecule has 0 saturated heterocycles. The Bertz CT molecular complexity index is 1430. The molecule has 0 amide bonds. The molecule has 0 aliphatic heterocycles. The molecular weight excluding hydrogens is 442 g/mol. The standard InChI is InChI=1S/C27H27N5O3/c1-3-34-18-7-8-21-19(13-18)15(2)29-27(30-21)32-26-28-14-20-22(31-26)11-17(12-23(20)33)25-10-9-24(35-25)16-5-4-6-16/h7-10,13-14,16-17H,3-6,11-12H2,1-2H3,(H,28,29,30,31,32). The number of carbonyl (C=O) groups excluding carboxylic acids is 1. The van der Waals surface area contributed by atoms with E-state index in [1.165, 1.54) is 19.3 Å². The summed E-state index contributed by atoms with van der Waals surface area (Å²) in [6.45, 7) is 4.49. The van der Waals surface area contributed by atoms with Gasteiger partial charge in [-0.15, -0.1) is 0 Å². The van der Waals surface area contributed by atoms with Gasteiger partial charge < -0.3 is 9.15 Å². The monoisotopic (exact) mass is 469 g/mol. The molecule has 6 rings (SSSR count). The molecule has 2 aliphatic carbocycles. The molecule has 178 valence electrons. The normalized spacial score (nSPS) is 17.8. The topological polar surface area (TPSA) is 103 Å². The zero-order valence-corrected chi connectivity index (χ0v) is 19.9. The number of aromatic nitrogens is 4. The highest BCUT2D eigenvalue weighted by Gasteiger charge is 2.31. The summed E-state index contributed by atoms with van der Waals surface area (Å²) in [6, 6.07) is 9.86. The van der Waals surface area contributed by atoms with E-state index in [-0.39, 0.29) is 11.7 Å². The van der Waals surface area contributed by atoms with Gasteiger partial charge in [0.1, 0.15) is 17.3 Å². The number of hydrogen-bond donors (Lipinski definition) is 1. The molecular formula is C27H27N5O3. The van der Waals surface area contributed by atoms with Crippen molar-refractivity contribution in [1.29, 1.82) is 0 Å². The van der Waals surface area contributed by atoms with Crippen molar-refractivity contribution in [2.75, 3.05) is 11.9 Å². The number of rotatable bonds is 6. The van der Waals surface area contributed by atoms with E-state index in [4.69, 9.17) is 9.15 Å². The number of benzene rings is 1. The number of fused-ring (bicyclic) bond motifs is 2. The summed E-state index contributed by atoms with van der Waals surface area (Å²) in [5.74, 6) is 4.07. The fraction of sp³-hybridized carbons (Fsp3) is 0.370. The van der Waals surface area contributed by atoms with Gasteiger partial charge in [0, 0.05) is 36.3 Å². The van der Waals surface area contributed by atoms with Gasteiger partial charge in [-0.25, -0.2) is 19.9 Å². The Hall–Kier alpha value is -3.81. The van der Waals surface area contributed by atoms with Crippen molar-refractivity contribution in [1.82, 2.24) is 19.9 Å². The third kappa shape index (κ3) is 4.13. The number of furan rings is 1. The second-order valence-corrected chi connectivity index (χ2v) is 9.32. The molecule has 0 radical (unpaired) electrons. The Morgan fingerprint density at radius 3 is 2.63 bits per heavy atom. The van der Waals surface area contributed by atoms with E-state index >= 15 is 0 Å². The molecule has 8 heteroatoms. The third-order valence-electron chi connectivity index (χ3n) is 6.99. The number of aryl methyl sites for hydroxylation is 1. The fourth-order valence-electron chi connectivity index (χ4n) is 4.88. The lowest BCUT2D eigenvalue weighted by atomic mass is 9.84. The van der Waals surface area contributed by atoms with Gasteiger partial charge in [-0.2, -0.15) is 0 Å². The van der Waals surface area contributed by atoms with Crippen molar-refractivity contribution >= 4 is 28.6 Å². The Kier molecular flexibility index (Phi) is 5.43. The number of ketones is 1. The van der Waals surface area contributed by atoms with Crippen LogP contribution in [0.1, 0.15) is 77.7 Å². The van der Waals surface area contributed by atoms with Crippen LogP contribution >= 0.6 is 0 Å². The highest BCUT2D eigenvalue weighted by Crippen LogP contribution is 2.40. The smallest absolute Gasteiger partial charge is 0.230 e. The van der Waals surface area contributed by atoms with Crippen LogP contribution in [0.15, 0.2) is 40.9 Å². The van der Waals surface area contributed by atoms with E-state index in [2.05, 4.69) is 31.3 Å². The van der Waals surface area contributed by atoms with Crippen molar-refractivity contribution in [2.24, 2.45) is 0 Å². The highest BCUT2D eigenvalue weighted by molar-refractivity contribution is 5.98. The van der Waals surface area contributed by atoms with Crippen molar-refractivity contribution in [3.63, 3.8) is 0 Å². The zero-order chi connectivity index (χ0) is 23.9. The first-order valence-corrected chi connectivity index (χ1v) is 12.2. The SMILES string of the molecule is CCOc1ccc2nc(Nc3ncc4c(n3)CC(c3ccc(C5CCC5)o3)CC4=O)nc(C)c2c1. The first kappa shape index (κ1) is 21.7. The zero-order valence-electron chi connectivity index (χ0n) is 19.9. The number of ether oxygens (including phenoxy) is 1. The van der Waals surface area contributed by atoms with Gasteiger partial charge in [-0.05, 0) is 57.0 Å². The molecule has 0 bridgehead atoms. The second-order valence-electron chi connectivity index (χ2n) is 9.32. The molecule has 3 aromatic heterocycles. The molecule has 35 heavy (non-hydrogen) atoms. The minimum Gasteiger partial charge on any atom is -0.494 e. The van der Waals surface area contributed by atoms with E-state index < -0.39 is 0 Å². The maximum Gasteiger partial charge on any atom is 0.230 e. The van der Waals surface area contributed by atoms with Gasteiger partial charge in [0.15, 0.2) is 5.78 Å². The predicted molar refractivity (Wildman–Crippen MR) is 131 cm³/mol. The first-order chi connectivity index (χ1) is 17.1.